The standard InChI is InChI=1S/C10H12/c1-4-7-10(8-5-2)9-6-3/h1,5-7,9H,2,8H2,3H3/b9-6-,10-7-. The van der Waals surface area contributed by atoms with E-state index in [-0.39, 0.29) is 0 Å². The Balaban J connectivity index is 4.13. The van der Waals surface area contributed by atoms with Crippen molar-refractivity contribution in [3.05, 3.63) is 36.5 Å². The monoisotopic (exact) mass is 132 g/mol. The van der Waals surface area contributed by atoms with E-state index in [4.69, 9.17) is 6.42 Å². The quantitative estimate of drug-likeness (QED) is 0.314. The van der Waals surface area contributed by atoms with E-state index in [9.17, 15) is 0 Å². The van der Waals surface area contributed by atoms with E-state index in [2.05, 4.69) is 12.5 Å². The predicted octanol–water partition coefficient (Wildman–Crippen LogP) is 2.70. The molecule has 0 spiro atoms. The van der Waals surface area contributed by atoms with Crippen LogP contribution in [0.4, 0.5) is 0 Å². The van der Waals surface area contributed by atoms with Gasteiger partial charge in [-0.2, -0.15) is 0 Å². The second kappa shape index (κ2) is 5.91. The Labute approximate surface area is 63.0 Å². The van der Waals surface area contributed by atoms with Gasteiger partial charge in [0.2, 0.25) is 0 Å². The highest BCUT2D eigenvalue weighted by atomic mass is 13.9. The van der Waals surface area contributed by atoms with E-state index >= 15 is 0 Å². The second-order valence-corrected chi connectivity index (χ2v) is 1.88. The number of allylic oxidation sites excluding steroid dienone is 5. The Morgan fingerprint density at radius 1 is 1.70 bits per heavy atom. The molecule has 10 heavy (non-hydrogen) atoms. The zero-order chi connectivity index (χ0) is 7.82. The minimum Gasteiger partial charge on any atom is -0.115 e. The highest BCUT2D eigenvalue weighted by Gasteiger charge is 1.83. The number of terminal acetylenes is 1. The minimum atomic E-state index is 0.842. The van der Waals surface area contributed by atoms with E-state index in [0.29, 0.717) is 0 Å². The zero-order valence-electron chi connectivity index (χ0n) is 6.30. The maximum atomic E-state index is 5.10. The molecule has 0 aromatic heterocycles. The third-order valence-electron chi connectivity index (χ3n) is 1.03. The van der Waals surface area contributed by atoms with Crippen LogP contribution in [0.25, 0.3) is 0 Å². The van der Waals surface area contributed by atoms with Gasteiger partial charge in [-0.1, -0.05) is 24.1 Å². The van der Waals surface area contributed by atoms with Crippen LogP contribution < -0.4 is 0 Å². The van der Waals surface area contributed by atoms with Gasteiger partial charge < -0.3 is 0 Å². The van der Waals surface area contributed by atoms with Crippen molar-refractivity contribution in [1.29, 1.82) is 0 Å². The van der Waals surface area contributed by atoms with Crippen molar-refractivity contribution in [2.45, 2.75) is 13.3 Å². The maximum Gasteiger partial charge on any atom is -0.00864 e. The summed E-state index contributed by atoms with van der Waals surface area (Å²) in [5.74, 6) is 2.48. The summed E-state index contributed by atoms with van der Waals surface area (Å²) in [6, 6.07) is 0. The molecule has 52 valence electrons. The molecule has 0 unspecified atom stereocenters. The first-order valence-electron chi connectivity index (χ1n) is 3.24. The first kappa shape index (κ1) is 8.78. The maximum absolute atomic E-state index is 5.10. The zero-order valence-corrected chi connectivity index (χ0v) is 6.30. The molecule has 0 N–H and O–H groups in total. The van der Waals surface area contributed by atoms with Gasteiger partial charge in [0.1, 0.15) is 0 Å². The van der Waals surface area contributed by atoms with Crippen LogP contribution in [0.1, 0.15) is 13.3 Å². The number of rotatable bonds is 3. The Morgan fingerprint density at radius 2 is 2.40 bits per heavy atom. The lowest BCUT2D eigenvalue weighted by molar-refractivity contribution is 1.29. The molecule has 0 heteroatoms. The Hall–Kier alpha value is -1.22. The van der Waals surface area contributed by atoms with Gasteiger partial charge in [0.15, 0.2) is 0 Å². The summed E-state index contributed by atoms with van der Waals surface area (Å²) in [4.78, 5) is 0. The minimum absolute atomic E-state index is 0.842. The molecule has 0 radical (unpaired) electrons. The molecule has 0 aliphatic carbocycles. The summed E-state index contributed by atoms with van der Waals surface area (Å²) < 4.78 is 0. The fourth-order valence-electron chi connectivity index (χ4n) is 0.663. The lowest BCUT2D eigenvalue weighted by atomic mass is 10.1. The molecule has 0 atom stereocenters. The van der Waals surface area contributed by atoms with Crippen molar-refractivity contribution in [2.75, 3.05) is 0 Å². The van der Waals surface area contributed by atoms with Crippen molar-refractivity contribution in [2.24, 2.45) is 0 Å². The molecule has 0 amide bonds. The summed E-state index contributed by atoms with van der Waals surface area (Å²) in [5, 5.41) is 0. The van der Waals surface area contributed by atoms with Gasteiger partial charge in [-0.05, 0) is 25.0 Å². The van der Waals surface area contributed by atoms with Gasteiger partial charge in [-0.15, -0.1) is 13.0 Å². The lowest BCUT2D eigenvalue weighted by Crippen LogP contribution is -1.72. The topological polar surface area (TPSA) is 0 Å². The molecular weight excluding hydrogens is 120 g/mol. The molecule has 0 aliphatic rings. The molecule has 0 saturated heterocycles. The van der Waals surface area contributed by atoms with Gasteiger partial charge >= 0.3 is 0 Å². The normalized spacial score (nSPS) is 11.4. The van der Waals surface area contributed by atoms with Crippen LogP contribution in [0.3, 0.4) is 0 Å². The van der Waals surface area contributed by atoms with Crippen LogP contribution >= 0.6 is 0 Å². The van der Waals surface area contributed by atoms with Crippen LogP contribution in [0, 0.1) is 12.3 Å². The average molecular weight is 132 g/mol. The molecule has 0 aliphatic heterocycles. The average Bonchev–Trinajstić information content (AvgIpc) is 1.90. The van der Waals surface area contributed by atoms with Crippen LogP contribution in [0.2, 0.25) is 0 Å². The van der Waals surface area contributed by atoms with Crippen LogP contribution in [0.5, 0.6) is 0 Å². The molecule has 0 heterocycles. The van der Waals surface area contributed by atoms with Gasteiger partial charge in [-0.25, -0.2) is 0 Å². The first-order chi connectivity index (χ1) is 4.85. The molecule has 0 aromatic rings. The van der Waals surface area contributed by atoms with Crippen molar-refractivity contribution in [3.8, 4) is 12.3 Å². The number of hydrogen-bond acceptors (Lipinski definition) is 0. The highest BCUT2D eigenvalue weighted by molar-refractivity contribution is 5.28. The largest absolute Gasteiger partial charge is 0.115 e. The third kappa shape index (κ3) is 3.74. The van der Waals surface area contributed by atoms with Crippen LogP contribution in [-0.2, 0) is 0 Å². The highest BCUT2D eigenvalue weighted by Crippen LogP contribution is 2.02. The van der Waals surface area contributed by atoms with Crippen LogP contribution in [0.15, 0.2) is 36.5 Å². The molecule has 0 rings (SSSR count). The fourth-order valence-corrected chi connectivity index (χ4v) is 0.663. The van der Waals surface area contributed by atoms with Crippen molar-refractivity contribution < 1.29 is 0 Å². The van der Waals surface area contributed by atoms with Gasteiger partial charge in [0, 0.05) is 0 Å². The van der Waals surface area contributed by atoms with E-state index in [1.807, 2.05) is 25.2 Å². The SMILES string of the molecule is C#C/C=C(\C=C/C)CC=C. The second-order valence-electron chi connectivity index (χ2n) is 1.88. The summed E-state index contributed by atoms with van der Waals surface area (Å²) in [6.07, 6.45) is 13.5. The summed E-state index contributed by atoms with van der Waals surface area (Å²) >= 11 is 0. The molecule has 0 aromatic carbocycles. The van der Waals surface area contributed by atoms with Crippen LogP contribution in [-0.4, -0.2) is 0 Å². The number of hydrogen-bond donors (Lipinski definition) is 0. The van der Waals surface area contributed by atoms with Crippen molar-refractivity contribution in [1.82, 2.24) is 0 Å². The molecular formula is C10H12. The van der Waals surface area contributed by atoms with E-state index < -0.39 is 0 Å². The predicted molar refractivity (Wildman–Crippen MR) is 46.5 cm³/mol. The lowest BCUT2D eigenvalue weighted by Gasteiger charge is -1.91. The Bertz CT molecular complexity index is 187. The summed E-state index contributed by atoms with van der Waals surface area (Å²) in [7, 11) is 0. The van der Waals surface area contributed by atoms with Crippen molar-refractivity contribution >= 4 is 0 Å². The Morgan fingerprint density at radius 3 is 2.80 bits per heavy atom. The van der Waals surface area contributed by atoms with E-state index in [0.717, 1.165) is 12.0 Å². The van der Waals surface area contributed by atoms with Gasteiger partial charge in [0.05, 0.1) is 0 Å². The van der Waals surface area contributed by atoms with E-state index in [1.165, 1.54) is 0 Å². The van der Waals surface area contributed by atoms with E-state index in [1.54, 1.807) is 6.08 Å². The van der Waals surface area contributed by atoms with Crippen molar-refractivity contribution in [3.63, 3.8) is 0 Å². The van der Waals surface area contributed by atoms with Gasteiger partial charge in [-0.3, -0.25) is 0 Å². The molecule has 0 saturated carbocycles. The summed E-state index contributed by atoms with van der Waals surface area (Å²) in [5.41, 5.74) is 1.13. The smallest absolute Gasteiger partial charge is 0.00864 e. The fraction of sp³-hybridized carbons (Fsp3) is 0.200. The third-order valence-corrected chi connectivity index (χ3v) is 1.03. The Kier molecular flexibility index (Phi) is 5.19. The first-order valence-corrected chi connectivity index (χ1v) is 3.24. The molecule has 0 bridgehead atoms. The summed E-state index contributed by atoms with van der Waals surface area (Å²) in [6.45, 7) is 5.59. The molecule has 0 fully saturated rings. The van der Waals surface area contributed by atoms with Gasteiger partial charge in [0.25, 0.3) is 0 Å². The molecule has 0 nitrogen and oxygen atoms in total.